The molecule has 0 saturated carbocycles. The lowest BCUT2D eigenvalue weighted by Gasteiger charge is -2.36. The highest BCUT2D eigenvalue weighted by Crippen LogP contribution is 2.39. The van der Waals surface area contributed by atoms with E-state index in [1.807, 2.05) is 24.3 Å². The van der Waals surface area contributed by atoms with Crippen LogP contribution in [0.25, 0.3) is 0 Å². The number of likely N-dealkylation sites (N-methyl/N-ethyl adjacent to an activating group) is 1. The van der Waals surface area contributed by atoms with Crippen LogP contribution in [0.1, 0.15) is 29.4 Å². The van der Waals surface area contributed by atoms with E-state index in [0.29, 0.717) is 23.3 Å². The van der Waals surface area contributed by atoms with Gasteiger partial charge in [-0.15, -0.1) is 0 Å². The van der Waals surface area contributed by atoms with Gasteiger partial charge in [0.2, 0.25) is 0 Å². The summed E-state index contributed by atoms with van der Waals surface area (Å²) in [6.45, 7) is 1.92. The normalized spacial score (nSPS) is 21.1. The quantitative estimate of drug-likeness (QED) is 0.892. The van der Waals surface area contributed by atoms with Crippen LogP contribution in [0, 0.1) is 0 Å². The predicted molar refractivity (Wildman–Crippen MR) is 96.9 cm³/mol. The molecule has 3 rings (SSSR count). The first-order valence-corrected chi connectivity index (χ1v) is 8.44. The van der Waals surface area contributed by atoms with Gasteiger partial charge in [0.25, 0.3) is 0 Å². The van der Waals surface area contributed by atoms with Gasteiger partial charge in [0, 0.05) is 13.1 Å². The Kier molecular flexibility index (Phi) is 5.04. The summed E-state index contributed by atoms with van der Waals surface area (Å²) in [4.78, 5) is 2.32. The summed E-state index contributed by atoms with van der Waals surface area (Å²) >= 11 is 0. The predicted octanol–water partition coefficient (Wildman–Crippen LogP) is 3.32. The topological polar surface area (TPSA) is 62.2 Å². The number of aromatic hydroxyl groups is 2. The number of hydrogen-bond donors (Lipinski definition) is 2. The number of phenolic OH excluding ortho intramolecular Hbond substituents is 2. The molecule has 1 aliphatic rings. The zero-order chi connectivity index (χ0) is 18.0. The Morgan fingerprint density at radius 2 is 1.28 bits per heavy atom. The molecule has 0 amide bonds. The molecule has 2 N–H and O–H groups in total. The monoisotopic (exact) mass is 343 g/mol. The van der Waals surface area contributed by atoms with E-state index in [-0.39, 0.29) is 11.5 Å². The number of ether oxygens (including phenoxy) is 2. The molecule has 0 aliphatic carbocycles. The average Bonchev–Trinajstić information content (AvgIpc) is 2.62. The van der Waals surface area contributed by atoms with Gasteiger partial charge < -0.3 is 24.6 Å². The van der Waals surface area contributed by atoms with Crippen molar-refractivity contribution in [3.05, 3.63) is 47.5 Å². The number of phenols is 2. The molecule has 1 fully saturated rings. The maximum Gasteiger partial charge on any atom is 0.160 e. The lowest BCUT2D eigenvalue weighted by Crippen LogP contribution is -2.35. The van der Waals surface area contributed by atoms with Gasteiger partial charge >= 0.3 is 0 Å². The maximum absolute atomic E-state index is 9.83. The molecule has 1 heterocycles. The molecule has 2 aromatic carbocycles. The van der Waals surface area contributed by atoms with E-state index in [0.717, 1.165) is 30.6 Å². The Hall–Kier alpha value is -2.40. The minimum absolute atomic E-state index is 0.162. The molecular formula is C20H25NO4. The Labute approximate surface area is 148 Å². The molecule has 2 unspecified atom stereocenters. The van der Waals surface area contributed by atoms with Crippen molar-refractivity contribution in [2.75, 3.05) is 34.4 Å². The van der Waals surface area contributed by atoms with E-state index in [9.17, 15) is 10.2 Å². The van der Waals surface area contributed by atoms with Crippen molar-refractivity contribution in [1.29, 1.82) is 0 Å². The third-order valence-electron chi connectivity index (χ3n) is 4.98. The van der Waals surface area contributed by atoms with Crippen molar-refractivity contribution >= 4 is 0 Å². The molecule has 5 nitrogen and oxygen atoms in total. The SMILES string of the molecule is COc1cc(C2CC(c3ccc(O)c(OC)c3)CN(C)C2)ccc1O. The number of nitrogens with zero attached hydrogens (tertiary/aromatic N) is 1. The van der Waals surface area contributed by atoms with Gasteiger partial charge in [0.15, 0.2) is 23.0 Å². The fourth-order valence-corrected chi connectivity index (χ4v) is 3.70. The van der Waals surface area contributed by atoms with E-state index in [1.54, 1.807) is 26.4 Å². The number of methoxy groups -OCH3 is 2. The molecule has 25 heavy (non-hydrogen) atoms. The Morgan fingerprint density at radius 3 is 1.68 bits per heavy atom. The minimum atomic E-state index is 0.162. The first kappa shape index (κ1) is 17.4. The van der Waals surface area contributed by atoms with Crippen LogP contribution in [0.5, 0.6) is 23.0 Å². The lowest BCUT2D eigenvalue weighted by molar-refractivity contribution is 0.225. The van der Waals surface area contributed by atoms with Crippen LogP contribution in [0.3, 0.4) is 0 Å². The third-order valence-corrected chi connectivity index (χ3v) is 4.98. The first-order chi connectivity index (χ1) is 12.0. The largest absolute Gasteiger partial charge is 0.504 e. The van der Waals surface area contributed by atoms with Crippen LogP contribution < -0.4 is 9.47 Å². The molecule has 0 spiro atoms. The summed E-state index contributed by atoms with van der Waals surface area (Å²) in [6.07, 6.45) is 0.992. The van der Waals surface area contributed by atoms with E-state index in [2.05, 4.69) is 11.9 Å². The van der Waals surface area contributed by atoms with Crippen molar-refractivity contribution in [2.24, 2.45) is 0 Å². The van der Waals surface area contributed by atoms with Crippen LogP contribution >= 0.6 is 0 Å². The zero-order valence-corrected chi connectivity index (χ0v) is 14.9. The molecule has 0 bridgehead atoms. The molecule has 0 aromatic heterocycles. The Morgan fingerprint density at radius 1 is 0.840 bits per heavy atom. The van der Waals surface area contributed by atoms with E-state index in [1.165, 1.54) is 0 Å². The molecule has 2 aromatic rings. The lowest BCUT2D eigenvalue weighted by atomic mass is 9.81. The van der Waals surface area contributed by atoms with E-state index >= 15 is 0 Å². The van der Waals surface area contributed by atoms with Crippen molar-refractivity contribution < 1.29 is 19.7 Å². The number of benzene rings is 2. The number of likely N-dealkylation sites (tertiary alicyclic amines) is 1. The van der Waals surface area contributed by atoms with Gasteiger partial charge in [-0.05, 0) is 60.7 Å². The van der Waals surface area contributed by atoms with Crippen LogP contribution in [0.2, 0.25) is 0 Å². The summed E-state index contributed by atoms with van der Waals surface area (Å²) in [5, 5.41) is 19.7. The van der Waals surface area contributed by atoms with Crippen LogP contribution in [-0.4, -0.2) is 49.5 Å². The highest BCUT2D eigenvalue weighted by Gasteiger charge is 2.28. The second-order valence-electron chi connectivity index (χ2n) is 6.71. The minimum Gasteiger partial charge on any atom is -0.504 e. The van der Waals surface area contributed by atoms with Crippen molar-refractivity contribution in [3.8, 4) is 23.0 Å². The molecule has 1 saturated heterocycles. The molecule has 2 atom stereocenters. The fourth-order valence-electron chi connectivity index (χ4n) is 3.70. The summed E-state index contributed by atoms with van der Waals surface area (Å²) in [7, 11) is 5.25. The van der Waals surface area contributed by atoms with E-state index in [4.69, 9.17) is 9.47 Å². The third kappa shape index (κ3) is 3.66. The maximum atomic E-state index is 9.83. The van der Waals surface area contributed by atoms with Gasteiger partial charge in [-0.25, -0.2) is 0 Å². The van der Waals surface area contributed by atoms with Crippen molar-refractivity contribution in [1.82, 2.24) is 4.90 Å². The number of piperidine rings is 1. The van der Waals surface area contributed by atoms with Crippen LogP contribution in [0.15, 0.2) is 36.4 Å². The van der Waals surface area contributed by atoms with E-state index < -0.39 is 0 Å². The van der Waals surface area contributed by atoms with Gasteiger partial charge in [0.05, 0.1) is 14.2 Å². The smallest absolute Gasteiger partial charge is 0.160 e. The van der Waals surface area contributed by atoms with Gasteiger partial charge in [-0.2, -0.15) is 0 Å². The zero-order valence-electron chi connectivity index (χ0n) is 14.9. The molecule has 5 heteroatoms. The second kappa shape index (κ2) is 7.23. The van der Waals surface area contributed by atoms with Crippen molar-refractivity contribution in [2.45, 2.75) is 18.3 Å². The highest BCUT2D eigenvalue weighted by atomic mass is 16.5. The summed E-state index contributed by atoms with van der Waals surface area (Å²) in [6, 6.07) is 11.2. The summed E-state index contributed by atoms with van der Waals surface area (Å²) in [5.41, 5.74) is 2.33. The van der Waals surface area contributed by atoms with Gasteiger partial charge in [-0.3, -0.25) is 0 Å². The average molecular weight is 343 g/mol. The second-order valence-corrected chi connectivity index (χ2v) is 6.71. The Balaban J connectivity index is 1.87. The van der Waals surface area contributed by atoms with Crippen molar-refractivity contribution in [3.63, 3.8) is 0 Å². The number of rotatable bonds is 4. The first-order valence-electron chi connectivity index (χ1n) is 8.44. The Bertz CT molecular complexity index is 685. The number of hydrogen-bond acceptors (Lipinski definition) is 5. The summed E-state index contributed by atoms with van der Waals surface area (Å²) < 4.78 is 10.5. The fraction of sp³-hybridized carbons (Fsp3) is 0.400. The van der Waals surface area contributed by atoms with Gasteiger partial charge in [-0.1, -0.05) is 12.1 Å². The summed E-state index contributed by atoms with van der Waals surface area (Å²) in [5.74, 6) is 2.03. The highest BCUT2D eigenvalue weighted by molar-refractivity contribution is 5.45. The van der Waals surface area contributed by atoms with Gasteiger partial charge in [0.1, 0.15) is 0 Å². The molecule has 0 radical (unpaired) electrons. The van der Waals surface area contributed by atoms with Crippen LogP contribution in [0.4, 0.5) is 0 Å². The molecular weight excluding hydrogens is 318 g/mol. The van der Waals surface area contributed by atoms with Crippen LogP contribution in [-0.2, 0) is 0 Å². The molecule has 134 valence electrons. The molecule has 1 aliphatic heterocycles. The standard InChI is InChI=1S/C20H25NO4/c1-21-11-15(13-4-6-17(22)19(9-13)24-2)8-16(12-21)14-5-7-18(23)20(10-14)25-3/h4-7,9-10,15-16,22-23H,8,11-12H2,1-3H3.